The fourth-order valence-corrected chi connectivity index (χ4v) is 2.33. The van der Waals surface area contributed by atoms with Gasteiger partial charge >= 0.3 is 0 Å². The van der Waals surface area contributed by atoms with Crippen LogP contribution in [0.25, 0.3) is 0 Å². The topological polar surface area (TPSA) is 50.8 Å². The molecule has 1 rings (SSSR count). The van der Waals surface area contributed by atoms with E-state index in [9.17, 15) is 4.79 Å². The lowest BCUT2D eigenvalue weighted by Gasteiger charge is -2.31. The van der Waals surface area contributed by atoms with Crippen LogP contribution in [0, 0.1) is 5.41 Å². The summed E-state index contributed by atoms with van der Waals surface area (Å²) in [6.07, 6.45) is 0.908. The van der Waals surface area contributed by atoms with Gasteiger partial charge in [-0.25, -0.2) is 0 Å². The van der Waals surface area contributed by atoms with Gasteiger partial charge in [0, 0.05) is 32.8 Å². The Kier molecular flexibility index (Phi) is 7.34. The van der Waals surface area contributed by atoms with Crippen molar-refractivity contribution < 1.29 is 14.3 Å². The Morgan fingerprint density at radius 3 is 2.21 bits per heavy atom. The maximum absolute atomic E-state index is 12.6. The van der Waals surface area contributed by atoms with Crippen LogP contribution in [0.15, 0.2) is 0 Å². The number of nitrogens with zero attached hydrogens (tertiary/aromatic N) is 1. The Morgan fingerprint density at radius 1 is 1.21 bits per heavy atom. The van der Waals surface area contributed by atoms with E-state index in [0.29, 0.717) is 39.5 Å². The Hall–Kier alpha value is -0.650. The number of amides is 1. The molecular formula is C14H28N2O3. The van der Waals surface area contributed by atoms with Gasteiger partial charge in [-0.1, -0.05) is 0 Å². The molecule has 0 aromatic rings. The highest BCUT2D eigenvalue weighted by Gasteiger charge is 2.38. The molecule has 5 nitrogen and oxygen atoms in total. The van der Waals surface area contributed by atoms with Gasteiger partial charge in [-0.15, -0.1) is 0 Å². The van der Waals surface area contributed by atoms with E-state index < -0.39 is 0 Å². The molecule has 1 N–H and O–H groups in total. The smallest absolute Gasteiger partial charge is 0.230 e. The molecule has 19 heavy (non-hydrogen) atoms. The normalized spacial score (nSPS) is 22.7. The molecule has 1 saturated heterocycles. The standard InChI is InChI=1S/C14H28N2O3/c1-4-18-10-8-16(9-11-19-5-2)13(17)14(3)6-7-15-12-14/h15H,4-12H2,1-3H3. The first-order valence-electron chi connectivity index (χ1n) is 7.29. The number of carbonyl (C=O) groups is 1. The fraction of sp³-hybridized carbons (Fsp3) is 0.929. The van der Waals surface area contributed by atoms with Crippen LogP contribution in [0.1, 0.15) is 27.2 Å². The molecular weight excluding hydrogens is 244 g/mol. The predicted molar refractivity (Wildman–Crippen MR) is 75.2 cm³/mol. The summed E-state index contributed by atoms with van der Waals surface area (Å²) in [5, 5.41) is 3.27. The maximum atomic E-state index is 12.6. The van der Waals surface area contributed by atoms with Gasteiger partial charge in [0.25, 0.3) is 0 Å². The highest BCUT2D eigenvalue weighted by atomic mass is 16.5. The number of nitrogens with one attached hydrogen (secondary N) is 1. The lowest BCUT2D eigenvalue weighted by atomic mass is 9.88. The van der Waals surface area contributed by atoms with Gasteiger partial charge in [-0.3, -0.25) is 4.79 Å². The minimum absolute atomic E-state index is 0.219. The molecule has 0 spiro atoms. The van der Waals surface area contributed by atoms with Gasteiger partial charge in [0.2, 0.25) is 5.91 Å². The first-order chi connectivity index (χ1) is 9.14. The second-order valence-electron chi connectivity index (χ2n) is 5.17. The summed E-state index contributed by atoms with van der Waals surface area (Å²) >= 11 is 0. The molecule has 1 aliphatic rings. The molecule has 5 heteroatoms. The van der Waals surface area contributed by atoms with Crippen molar-refractivity contribution >= 4 is 5.91 Å². The number of hydrogen-bond acceptors (Lipinski definition) is 4. The summed E-state index contributed by atoms with van der Waals surface area (Å²) in [7, 11) is 0. The monoisotopic (exact) mass is 272 g/mol. The first-order valence-corrected chi connectivity index (χ1v) is 7.29. The van der Waals surface area contributed by atoms with E-state index >= 15 is 0 Å². The third-order valence-electron chi connectivity index (χ3n) is 3.59. The van der Waals surface area contributed by atoms with Crippen LogP contribution in [0.3, 0.4) is 0 Å². The zero-order valence-electron chi connectivity index (χ0n) is 12.5. The highest BCUT2D eigenvalue weighted by molar-refractivity contribution is 5.83. The van der Waals surface area contributed by atoms with Crippen molar-refractivity contribution in [2.45, 2.75) is 27.2 Å². The van der Waals surface area contributed by atoms with Crippen molar-refractivity contribution in [2.24, 2.45) is 5.41 Å². The van der Waals surface area contributed by atoms with Gasteiger partial charge in [0.15, 0.2) is 0 Å². The van der Waals surface area contributed by atoms with Crippen molar-refractivity contribution in [1.29, 1.82) is 0 Å². The molecule has 0 aromatic carbocycles. The number of rotatable bonds is 9. The minimum Gasteiger partial charge on any atom is -0.380 e. The van der Waals surface area contributed by atoms with Crippen molar-refractivity contribution in [3.63, 3.8) is 0 Å². The van der Waals surface area contributed by atoms with Crippen LogP contribution in [-0.4, -0.2) is 63.4 Å². The van der Waals surface area contributed by atoms with Crippen LogP contribution in [0.2, 0.25) is 0 Å². The van der Waals surface area contributed by atoms with E-state index in [1.807, 2.05) is 25.7 Å². The second kappa shape index (κ2) is 8.51. The van der Waals surface area contributed by atoms with E-state index in [2.05, 4.69) is 5.32 Å². The van der Waals surface area contributed by atoms with Gasteiger partial charge in [0.1, 0.15) is 0 Å². The summed E-state index contributed by atoms with van der Waals surface area (Å²) in [6, 6.07) is 0. The van der Waals surface area contributed by atoms with Crippen LogP contribution in [0.5, 0.6) is 0 Å². The molecule has 1 atom stereocenters. The third-order valence-corrected chi connectivity index (χ3v) is 3.59. The average Bonchev–Trinajstić information content (AvgIpc) is 2.85. The zero-order chi connectivity index (χ0) is 14.1. The van der Waals surface area contributed by atoms with E-state index in [-0.39, 0.29) is 11.3 Å². The van der Waals surface area contributed by atoms with Gasteiger partial charge in [0.05, 0.1) is 18.6 Å². The molecule has 1 heterocycles. The molecule has 0 aromatic heterocycles. The summed E-state index contributed by atoms with van der Waals surface area (Å²) in [6.45, 7) is 11.5. The van der Waals surface area contributed by atoms with Crippen LogP contribution >= 0.6 is 0 Å². The number of ether oxygens (including phenoxy) is 2. The van der Waals surface area contributed by atoms with Crippen LogP contribution in [-0.2, 0) is 14.3 Å². The van der Waals surface area contributed by atoms with Crippen LogP contribution < -0.4 is 5.32 Å². The van der Waals surface area contributed by atoms with Gasteiger partial charge < -0.3 is 19.7 Å². The quantitative estimate of drug-likeness (QED) is 0.633. The molecule has 0 saturated carbocycles. The Labute approximate surface area is 116 Å². The first kappa shape index (κ1) is 16.4. The molecule has 1 unspecified atom stereocenters. The maximum Gasteiger partial charge on any atom is 0.230 e. The third kappa shape index (κ3) is 5.09. The van der Waals surface area contributed by atoms with Gasteiger partial charge in [-0.05, 0) is 33.7 Å². The average molecular weight is 272 g/mol. The molecule has 0 bridgehead atoms. The van der Waals surface area contributed by atoms with Crippen molar-refractivity contribution in [3.05, 3.63) is 0 Å². The predicted octanol–water partition coefficient (Wildman–Crippen LogP) is 0.888. The zero-order valence-corrected chi connectivity index (χ0v) is 12.5. The number of hydrogen-bond donors (Lipinski definition) is 1. The molecule has 1 aliphatic heterocycles. The largest absolute Gasteiger partial charge is 0.380 e. The SMILES string of the molecule is CCOCCN(CCOCC)C(=O)C1(C)CCNC1. The molecule has 0 aliphatic carbocycles. The van der Waals surface area contributed by atoms with Gasteiger partial charge in [-0.2, -0.15) is 0 Å². The van der Waals surface area contributed by atoms with E-state index in [1.54, 1.807) is 0 Å². The Balaban J connectivity index is 2.52. The Morgan fingerprint density at radius 2 is 1.79 bits per heavy atom. The fourth-order valence-electron chi connectivity index (χ4n) is 2.33. The summed E-state index contributed by atoms with van der Waals surface area (Å²) in [5.41, 5.74) is -0.265. The number of carbonyl (C=O) groups excluding carboxylic acids is 1. The lowest BCUT2D eigenvalue weighted by molar-refractivity contribution is -0.141. The van der Waals surface area contributed by atoms with Crippen molar-refractivity contribution in [3.8, 4) is 0 Å². The Bertz CT molecular complexity index is 255. The summed E-state index contributed by atoms with van der Waals surface area (Å²) in [4.78, 5) is 14.5. The van der Waals surface area contributed by atoms with E-state index in [4.69, 9.17) is 9.47 Å². The van der Waals surface area contributed by atoms with E-state index in [0.717, 1.165) is 19.5 Å². The van der Waals surface area contributed by atoms with E-state index in [1.165, 1.54) is 0 Å². The van der Waals surface area contributed by atoms with Crippen molar-refractivity contribution in [2.75, 3.05) is 52.6 Å². The van der Waals surface area contributed by atoms with Crippen molar-refractivity contribution in [1.82, 2.24) is 10.2 Å². The molecule has 1 fully saturated rings. The molecule has 112 valence electrons. The molecule has 0 radical (unpaired) electrons. The summed E-state index contributed by atoms with van der Waals surface area (Å²) < 4.78 is 10.7. The summed E-state index contributed by atoms with van der Waals surface area (Å²) in [5.74, 6) is 0.219. The lowest BCUT2D eigenvalue weighted by Crippen LogP contribution is -2.46. The second-order valence-corrected chi connectivity index (χ2v) is 5.17. The highest BCUT2D eigenvalue weighted by Crippen LogP contribution is 2.27. The minimum atomic E-state index is -0.265. The van der Waals surface area contributed by atoms with Crippen LogP contribution in [0.4, 0.5) is 0 Å². The molecule has 1 amide bonds.